The van der Waals surface area contributed by atoms with E-state index in [9.17, 15) is 9.59 Å². The van der Waals surface area contributed by atoms with E-state index >= 15 is 0 Å². The van der Waals surface area contributed by atoms with Gasteiger partial charge in [0, 0.05) is 4.88 Å². The van der Waals surface area contributed by atoms with Crippen LogP contribution < -0.4 is 10.9 Å². The average Bonchev–Trinajstić information content (AvgIpc) is 3.03. The number of thiophene rings is 1. The Balaban J connectivity index is 1.61. The first-order valence-corrected chi connectivity index (χ1v) is 10.9. The van der Waals surface area contributed by atoms with E-state index in [-0.39, 0.29) is 23.4 Å². The van der Waals surface area contributed by atoms with Crippen LogP contribution in [0.3, 0.4) is 0 Å². The summed E-state index contributed by atoms with van der Waals surface area (Å²) in [6.07, 6.45) is 2.88. The highest BCUT2D eigenvalue weighted by molar-refractivity contribution is 7.18. The van der Waals surface area contributed by atoms with Crippen LogP contribution in [0.25, 0.3) is 10.2 Å². The second kappa shape index (κ2) is 7.54. The van der Waals surface area contributed by atoms with Crippen LogP contribution in [-0.2, 0) is 24.2 Å². The number of aryl methyl sites for hydroxylation is 1. The molecule has 0 saturated carbocycles. The summed E-state index contributed by atoms with van der Waals surface area (Å²) >= 11 is 7.64. The quantitative estimate of drug-likeness (QED) is 0.672. The first kappa shape index (κ1) is 20.0. The van der Waals surface area contributed by atoms with Gasteiger partial charge in [-0.15, -0.1) is 16.4 Å². The molecule has 1 atom stereocenters. The molecule has 29 heavy (non-hydrogen) atoms. The Morgan fingerprint density at radius 1 is 1.34 bits per heavy atom. The lowest BCUT2D eigenvalue weighted by Gasteiger charge is -2.33. The molecule has 4 rings (SSSR count). The van der Waals surface area contributed by atoms with Crippen molar-refractivity contribution in [3.8, 4) is 0 Å². The lowest BCUT2D eigenvalue weighted by atomic mass is 9.72. The van der Waals surface area contributed by atoms with Crippen molar-refractivity contribution in [2.75, 3.05) is 5.32 Å². The van der Waals surface area contributed by atoms with E-state index in [4.69, 9.17) is 11.6 Å². The van der Waals surface area contributed by atoms with Gasteiger partial charge in [-0.3, -0.25) is 9.59 Å². The van der Waals surface area contributed by atoms with Crippen LogP contribution in [0.4, 0.5) is 5.69 Å². The Bertz CT molecular complexity index is 1150. The van der Waals surface area contributed by atoms with Crippen molar-refractivity contribution < 1.29 is 4.79 Å². The van der Waals surface area contributed by atoms with Crippen LogP contribution in [0.15, 0.2) is 29.1 Å². The van der Waals surface area contributed by atoms with E-state index in [1.807, 2.05) is 0 Å². The molecule has 152 valence electrons. The second-order valence-corrected chi connectivity index (χ2v) is 10.1. The number of para-hydroxylation sites is 1. The number of hydrogen-bond acceptors (Lipinski definition) is 5. The van der Waals surface area contributed by atoms with Gasteiger partial charge in [-0.05, 0) is 48.3 Å². The van der Waals surface area contributed by atoms with Gasteiger partial charge in [0.2, 0.25) is 5.91 Å². The number of amides is 1. The predicted octanol–water partition coefficient (Wildman–Crippen LogP) is 4.30. The Labute approximate surface area is 177 Å². The number of rotatable bonds is 3. The molecule has 2 aromatic heterocycles. The number of nitrogens with one attached hydrogen (secondary N) is 1. The molecule has 0 saturated heterocycles. The van der Waals surface area contributed by atoms with Crippen molar-refractivity contribution in [1.29, 1.82) is 0 Å². The van der Waals surface area contributed by atoms with E-state index in [1.165, 1.54) is 4.88 Å². The topological polar surface area (TPSA) is 76.9 Å². The number of carbonyl (C=O) groups excluding carboxylic acids is 1. The van der Waals surface area contributed by atoms with Crippen LogP contribution in [0, 0.1) is 11.3 Å². The molecule has 2 heterocycles. The zero-order chi connectivity index (χ0) is 20.8. The number of anilines is 1. The van der Waals surface area contributed by atoms with Crippen LogP contribution in [0.2, 0.25) is 5.02 Å². The molecule has 1 aliphatic rings. The molecule has 1 amide bonds. The molecule has 1 aliphatic carbocycles. The van der Waals surface area contributed by atoms with Gasteiger partial charge in [0.1, 0.15) is 6.54 Å². The summed E-state index contributed by atoms with van der Waals surface area (Å²) in [7, 11) is 0. The van der Waals surface area contributed by atoms with Crippen molar-refractivity contribution in [3.05, 3.63) is 50.1 Å². The molecule has 8 heteroatoms. The molecule has 3 aromatic rings. The number of nitrogens with zero attached hydrogens (tertiary/aromatic N) is 3. The van der Waals surface area contributed by atoms with Crippen molar-refractivity contribution in [1.82, 2.24) is 15.0 Å². The Morgan fingerprint density at radius 2 is 2.10 bits per heavy atom. The van der Waals surface area contributed by atoms with Gasteiger partial charge in [-0.1, -0.05) is 49.7 Å². The number of carbonyl (C=O) groups is 1. The molecule has 1 N–H and O–H groups in total. The molecule has 0 unspecified atom stereocenters. The van der Waals surface area contributed by atoms with Crippen LogP contribution in [0.1, 0.15) is 37.6 Å². The summed E-state index contributed by atoms with van der Waals surface area (Å²) < 4.78 is 1.14. The maximum atomic E-state index is 13.1. The third kappa shape index (κ3) is 3.94. The third-order valence-electron chi connectivity index (χ3n) is 5.60. The summed E-state index contributed by atoms with van der Waals surface area (Å²) in [6.45, 7) is 6.59. The van der Waals surface area contributed by atoms with Gasteiger partial charge in [-0.25, -0.2) is 4.68 Å². The minimum absolute atomic E-state index is 0.206. The highest BCUT2D eigenvalue weighted by Gasteiger charge is 2.32. The van der Waals surface area contributed by atoms with Gasteiger partial charge in [0.15, 0.2) is 4.83 Å². The fourth-order valence-corrected chi connectivity index (χ4v) is 5.28. The predicted molar refractivity (Wildman–Crippen MR) is 117 cm³/mol. The van der Waals surface area contributed by atoms with Gasteiger partial charge < -0.3 is 5.32 Å². The largest absolute Gasteiger partial charge is 0.323 e. The average molecular weight is 431 g/mol. The molecule has 0 fully saturated rings. The van der Waals surface area contributed by atoms with Crippen LogP contribution in [-0.4, -0.2) is 20.9 Å². The van der Waals surface area contributed by atoms with E-state index in [1.54, 1.807) is 35.6 Å². The molecule has 0 radical (unpaired) electrons. The number of benzene rings is 1. The SMILES string of the molecule is CC(C)(C)[C@H]1CCc2c(sc3nnn(CC(=O)Nc4ccccc4Cl)c(=O)c23)C1. The van der Waals surface area contributed by atoms with E-state index in [0.717, 1.165) is 29.5 Å². The molecule has 6 nitrogen and oxygen atoms in total. The highest BCUT2D eigenvalue weighted by Crippen LogP contribution is 2.41. The van der Waals surface area contributed by atoms with E-state index in [0.29, 0.717) is 26.8 Å². The maximum Gasteiger partial charge on any atom is 0.279 e. The Morgan fingerprint density at radius 3 is 2.83 bits per heavy atom. The second-order valence-electron chi connectivity index (χ2n) is 8.57. The van der Waals surface area contributed by atoms with E-state index < -0.39 is 0 Å². The van der Waals surface area contributed by atoms with Crippen molar-refractivity contribution in [2.24, 2.45) is 11.3 Å². The monoisotopic (exact) mass is 430 g/mol. The number of hydrogen-bond donors (Lipinski definition) is 1. The van der Waals surface area contributed by atoms with Crippen molar-refractivity contribution in [3.63, 3.8) is 0 Å². The molecular formula is C21H23ClN4O2S. The normalized spacial score (nSPS) is 16.6. The number of halogens is 1. The zero-order valence-electron chi connectivity index (χ0n) is 16.7. The summed E-state index contributed by atoms with van der Waals surface area (Å²) in [6, 6.07) is 6.96. The lowest BCUT2D eigenvalue weighted by molar-refractivity contribution is -0.117. The smallest absolute Gasteiger partial charge is 0.279 e. The minimum Gasteiger partial charge on any atom is -0.323 e. The summed E-state index contributed by atoms with van der Waals surface area (Å²) in [5.41, 5.74) is 1.57. The number of aromatic nitrogens is 3. The molecule has 0 aliphatic heterocycles. The molecule has 0 bridgehead atoms. The first-order chi connectivity index (χ1) is 13.7. The fourth-order valence-electron chi connectivity index (χ4n) is 3.86. The zero-order valence-corrected chi connectivity index (χ0v) is 18.2. The minimum atomic E-state index is -0.370. The summed E-state index contributed by atoms with van der Waals surface area (Å²) in [4.78, 5) is 27.4. The number of fused-ring (bicyclic) bond motifs is 3. The van der Waals surface area contributed by atoms with Crippen molar-refractivity contribution >= 4 is 44.7 Å². The van der Waals surface area contributed by atoms with Gasteiger partial charge in [0.05, 0.1) is 16.1 Å². The third-order valence-corrected chi connectivity index (χ3v) is 7.07. The Kier molecular flexibility index (Phi) is 5.21. The van der Waals surface area contributed by atoms with Gasteiger partial charge in [-0.2, -0.15) is 0 Å². The molecule has 1 aromatic carbocycles. The lowest BCUT2D eigenvalue weighted by Crippen LogP contribution is -2.31. The van der Waals surface area contributed by atoms with Gasteiger partial charge in [0.25, 0.3) is 5.56 Å². The van der Waals surface area contributed by atoms with Gasteiger partial charge >= 0.3 is 0 Å². The fraction of sp³-hybridized carbons (Fsp3) is 0.429. The van der Waals surface area contributed by atoms with Crippen LogP contribution in [0.5, 0.6) is 0 Å². The Hall–Kier alpha value is -2.25. The van der Waals surface area contributed by atoms with Crippen molar-refractivity contribution in [2.45, 2.75) is 46.6 Å². The molecule has 0 spiro atoms. The van der Waals surface area contributed by atoms with Crippen LogP contribution >= 0.6 is 22.9 Å². The van der Waals surface area contributed by atoms with E-state index in [2.05, 4.69) is 36.4 Å². The standard InChI is InChI=1S/C21H23ClN4O2S/c1-21(2,3)12-8-9-13-16(10-12)29-19-18(13)20(28)26(25-24-19)11-17(27)23-15-7-5-4-6-14(15)22/h4-7,12H,8-11H2,1-3H3,(H,23,27)/t12-/m0/s1. The summed E-state index contributed by atoms with van der Waals surface area (Å²) in [5.74, 6) is 0.213. The summed E-state index contributed by atoms with van der Waals surface area (Å²) in [5, 5.41) is 12.0. The molecular weight excluding hydrogens is 408 g/mol. The first-order valence-electron chi connectivity index (χ1n) is 9.66. The highest BCUT2D eigenvalue weighted by atomic mass is 35.5. The maximum absolute atomic E-state index is 13.1.